The highest BCUT2D eigenvalue weighted by atomic mass is 16.6. The van der Waals surface area contributed by atoms with E-state index in [1.54, 1.807) is 13.8 Å². The van der Waals surface area contributed by atoms with E-state index in [9.17, 15) is 24.9 Å². The first-order valence-corrected chi connectivity index (χ1v) is 11.4. The van der Waals surface area contributed by atoms with Crippen molar-refractivity contribution in [2.75, 3.05) is 13.2 Å². The van der Waals surface area contributed by atoms with E-state index < -0.39 is 24.4 Å². The normalized spacial score (nSPS) is 32.9. The van der Waals surface area contributed by atoms with E-state index >= 15 is 0 Å². The second-order valence-electron chi connectivity index (χ2n) is 9.14. The van der Waals surface area contributed by atoms with E-state index in [0.717, 1.165) is 12.8 Å². The Bertz CT molecular complexity index is 635. The minimum absolute atomic E-state index is 0.00572. The summed E-state index contributed by atoms with van der Waals surface area (Å²) in [6.07, 6.45) is 1.36. The number of Topliss-reactive ketones (excluding diaryl/α,β-unsaturated/α-hetero) is 1. The van der Waals surface area contributed by atoms with Crippen LogP contribution in [0.2, 0.25) is 0 Å². The summed E-state index contributed by atoms with van der Waals surface area (Å²) in [4.78, 5) is 23.7. The first kappa shape index (κ1) is 25.9. The van der Waals surface area contributed by atoms with Gasteiger partial charge in [-0.1, -0.05) is 25.8 Å². The van der Waals surface area contributed by atoms with Crippen molar-refractivity contribution in [2.45, 2.75) is 96.4 Å². The highest BCUT2D eigenvalue weighted by molar-refractivity contribution is 5.92. The van der Waals surface area contributed by atoms with Gasteiger partial charge in [-0.2, -0.15) is 0 Å². The molecule has 0 aromatic rings. The summed E-state index contributed by atoms with van der Waals surface area (Å²) in [6, 6.07) is 0. The molecule has 4 N–H and O–H groups in total. The van der Waals surface area contributed by atoms with Gasteiger partial charge in [0.25, 0.3) is 0 Å². The van der Waals surface area contributed by atoms with Gasteiger partial charge in [0.15, 0.2) is 5.78 Å². The van der Waals surface area contributed by atoms with Gasteiger partial charge in [-0.3, -0.25) is 9.59 Å². The number of aliphatic hydroxyl groups excluding tert-OH is 3. The summed E-state index contributed by atoms with van der Waals surface area (Å²) in [7, 11) is 0. The molecule has 0 spiro atoms. The van der Waals surface area contributed by atoms with Crippen molar-refractivity contribution in [3.63, 3.8) is 0 Å². The molecule has 0 aromatic heterocycles. The number of carbonyl (C=O) groups is 2. The van der Waals surface area contributed by atoms with Crippen LogP contribution in [-0.2, 0) is 19.1 Å². The largest absolute Gasteiger partial charge is 0.393 e. The van der Waals surface area contributed by atoms with Crippen molar-refractivity contribution >= 4 is 11.7 Å². The summed E-state index contributed by atoms with van der Waals surface area (Å²) in [5.74, 6) is -0.573. The molecule has 0 aliphatic carbocycles. The SMILES string of the molecule is CCCCC(=O)CNC(=O)/C=C(\C)C[C@@H]1OC[C@H](C[C@@H]2O[C@H]2[C@@H](C)[C@H](C)O)[C@@H](O)[C@H]1O. The number of carbonyl (C=O) groups excluding carboxylic acids is 2. The van der Waals surface area contributed by atoms with Crippen LogP contribution in [0.3, 0.4) is 0 Å². The van der Waals surface area contributed by atoms with Crippen molar-refractivity contribution in [1.29, 1.82) is 0 Å². The number of rotatable bonds is 12. The lowest BCUT2D eigenvalue weighted by Gasteiger charge is -2.38. The van der Waals surface area contributed by atoms with Crippen LogP contribution in [0.25, 0.3) is 0 Å². The summed E-state index contributed by atoms with van der Waals surface area (Å²) in [5.41, 5.74) is 0.699. The third-order valence-electron chi connectivity index (χ3n) is 6.34. The standard InChI is InChI=1S/C23H39NO7/c1-5-6-7-17(26)11-24-20(27)9-13(2)8-18-22(29)21(28)16(12-30-18)10-19-23(31-19)14(3)15(4)25/h9,14-16,18-19,21-23,25,28-29H,5-8,10-12H2,1-4H3,(H,24,27)/b13-9+/t14-,15-,16-,18-,19-,21+,22-,23-/m0/s1. The molecule has 2 aliphatic heterocycles. The zero-order valence-corrected chi connectivity index (χ0v) is 19.1. The average Bonchev–Trinajstić information content (AvgIpc) is 3.48. The average molecular weight is 442 g/mol. The van der Waals surface area contributed by atoms with E-state index in [1.807, 2.05) is 13.8 Å². The minimum Gasteiger partial charge on any atom is -0.393 e. The minimum atomic E-state index is -1.06. The maximum absolute atomic E-state index is 12.0. The molecule has 2 fully saturated rings. The molecule has 8 heteroatoms. The second kappa shape index (κ2) is 12.1. The number of unbranched alkanes of at least 4 members (excludes halogenated alkanes) is 1. The molecule has 2 rings (SSSR count). The van der Waals surface area contributed by atoms with Crippen molar-refractivity contribution < 1.29 is 34.4 Å². The van der Waals surface area contributed by atoms with Crippen LogP contribution in [0.5, 0.6) is 0 Å². The third-order valence-corrected chi connectivity index (χ3v) is 6.34. The predicted octanol–water partition coefficient (Wildman–Crippen LogP) is 1.11. The number of hydrogen-bond donors (Lipinski definition) is 4. The summed E-state index contributed by atoms with van der Waals surface area (Å²) >= 11 is 0. The first-order valence-electron chi connectivity index (χ1n) is 11.4. The van der Waals surface area contributed by atoms with Gasteiger partial charge in [0, 0.05) is 24.3 Å². The number of amides is 1. The highest BCUT2D eigenvalue weighted by Crippen LogP contribution is 2.38. The van der Waals surface area contributed by atoms with Gasteiger partial charge < -0.3 is 30.1 Å². The summed E-state index contributed by atoms with van der Waals surface area (Å²) in [5, 5.41) is 33.3. The van der Waals surface area contributed by atoms with Gasteiger partial charge in [0.2, 0.25) is 5.91 Å². The van der Waals surface area contributed by atoms with Crippen LogP contribution < -0.4 is 5.32 Å². The molecular formula is C23H39NO7. The number of hydrogen-bond acceptors (Lipinski definition) is 7. The fourth-order valence-corrected chi connectivity index (χ4v) is 4.01. The number of ether oxygens (including phenoxy) is 2. The maximum atomic E-state index is 12.0. The third kappa shape index (κ3) is 7.95. The van der Waals surface area contributed by atoms with Gasteiger partial charge in [-0.15, -0.1) is 0 Å². The Labute approximate surface area is 185 Å². The Morgan fingerprint density at radius 2 is 1.90 bits per heavy atom. The van der Waals surface area contributed by atoms with Gasteiger partial charge in [0.05, 0.1) is 43.7 Å². The fourth-order valence-electron chi connectivity index (χ4n) is 4.01. The van der Waals surface area contributed by atoms with Crippen LogP contribution >= 0.6 is 0 Å². The monoisotopic (exact) mass is 441 g/mol. The second-order valence-corrected chi connectivity index (χ2v) is 9.14. The quantitative estimate of drug-likeness (QED) is 0.264. The number of ketones is 1. The maximum Gasteiger partial charge on any atom is 0.244 e. The fraction of sp³-hybridized carbons (Fsp3) is 0.826. The molecule has 178 valence electrons. The topological polar surface area (TPSA) is 129 Å². The van der Waals surface area contributed by atoms with E-state index in [1.165, 1.54) is 6.08 Å². The van der Waals surface area contributed by atoms with Gasteiger partial charge in [-0.25, -0.2) is 0 Å². The molecule has 1 amide bonds. The molecule has 8 atom stereocenters. The summed E-state index contributed by atoms with van der Waals surface area (Å²) < 4.78 is 11.4. The van der Waals surface area contributed by atoms with Crippen LogP contribution in [-0.4, -0.2) is 76.8 Å². The molecule has 8 nitrogen and oxygen atoms in total. The van der Waals surface area contributed by atoms with E-state index in [4.69, 9.17) is 9.47 Å². The molecule has 2 aliphatic rings. The summed E-state index contributed by atoms with van der Waals surface area (Å²) in [6.45, 7) is 7.74. The van der Waals surface area contributed by atoms with Gasteiger partial charge in [0.1, 0.15) is 6.10 Å². The smallest absolute Gasteiger partial charge is 0.244 e. The number of nitrogens with one attached hydrogen (secondary N) is 1. The number of epoxide rings is 1. The molecule has 31 heavy (non-hydrogen) atoms. The van der Waals surface area contributed by atoms with Gasteiger partial charge >= 0.3 is 0 Å². The molecule has 2 heterocycles. The molecule has 0 radical (unpaired) electrons. The van der Waals surface area contributed by atoms with Crippen LogP contribution in [0.4, 0.5) is 0 Å². The van der Waals surface area contributed by atoms with E-state index in [-0.39, 0.29) is 42.3 Å². The van der Waals surface area contributed by atoms with E-state index in [0.29, 0.717) is 31.4 Å². The van der Waals surface area contributed by atoms with Crippen LogP contribution in [0, 0.1) is 11.8 Å². The van der Waals surface area contributed by atoms with Crippen molar-refractivity contribution in [3.05, 3.63) is 11.6 Å². The molecule has 0 aromatic carbocycles. The Morgan fingerprint density at radius 3 is 2.55 bits per heavy atom. The van der Waals surface area contributed by atoms with Crippen molar-refractivity contribution in [3.8, 4) is 0 Å². The first-order chi connectivity index (χ1) is 14.6. The van der Waals surface area contributed by atoms with Crippen molar-refractivity contribution in [2.24, 2.45) is 11.8 Å². The number of aliphatic hydroxyl groups is 3. The Kier molecular flexibility index (Phi) is 10.1. The Balaban J connectivity index is 1.76. The lowest BCUT2D eigenvalue weighted by atomic mass is 9.85. The van der Waals surface area contributed by atoms with Crippen LogP contribution in [0.1, 0.15) is 59.8 Å². The Morgan fingerprint density at radius 1 is 1.19 bits per heavy atom. The molecule has 2 saturated heterocycles. The highest BCUT2D eigenvalue weighted by Gasteiger charge is 2.48. The molecule has 0 unspecified atom stereocenters. The van der Waals surface area contributed by atoms with Crippen molar-refractivity contribution in [1.82, 2.24) is 5.32 Å². The van der Waals surface area contributed by atoms with Gasteiger partial charge in [-0.05, 0) is 33.1 Å². The van der Waals surface area contributed by atoms with E-state index in [2.05, 4.69) is 5.32 Å². The Hall–Kier alpha value is -1.32. The van der Waals surface area contributed by atoms with Crippen LogP contribution in [0.15, 0.2) is 11.6 Å². The lowest BCUT2D eigenvalue weighted by Crippen LogP contribution is -2.50. The zero-order chi connectivity index (χ0) is 23.1. The molecule has 0 bridgehead atoms. The molecular weight excluding hydrogens is 402 g/mol. The predicted molar refractivity (Wildman–Crippen MR) is 115 cm³/mol. The zero-order valence-electron chi connectivity index (χ0n) is 19.1. The lowest BCUT2D eigenvalue weighted by molar-refractivity contribution is -0.165. The molecule has 0 saturated carbocycles.